The normalized spacial score (nSPS) is 24.8. The highest BCUT2D eigenvalue weighted by atomic mass is 16.5. The van der Waals surface area contributed by atoms with E-state index in [1.165, 1.54) is 30.7 Å². The molecule has 2 aromatic rings. The van der Waals surface area contributed by atoms with Gasteiger partial charge in [-0.15, -0.1) is 0 Å². The van der Waals surface area contributed by atoms with Crippen molar-refractivity contribution in [2.24, 2.45) is 0 Å². The molecule has 0 bridgehead atoms. The lowest BCUT2D eigenvalue weighted by Gasteiger charge is -2.21. The minimum atomic E-state index is 0.352. The Balaban J connectivity index is 1.29. The summed E-state index contributed by atoms with van der Waals surface area (Å²) in [6.07, 6.45) is 9.12. The fourth-order valence-electron chi connectivity index (χ4n) is 4.58. The number of aromatic amines is 1. The van der Waals surface area contributed by atoms with Crippen molar-refractivity contribution in [3.05, 3.63) is 28.9 Å². The van der Waals surface area contributed by atoms with E-state index in [1.807, 2.05) is 0 Å². The number of imidazole rings is 1. The van der Waals surface area contributed by atoms with Gasteiger partial charge in [0.2, 0.25) is 5.89 Å². The molecule has 4 heterocycles. The van der Waals surface area contributed by atoms with Gasteiger partial charge in [0.15, 0.2) is 5.82 Å². The third kappa shape index (κ3) is 3.18. The van der Waals surface area contributed by atoms with Gasteiger partial charge in [-0.3, -0.25) is 4.90 Å². The van der Waals surface area contributed by atoms with Crippen molar-refractivity contribution < 1.29 is 9.26 Å². The second-order valence-corrected chi connectivity index (χ2v) is 7.82. The van der Waals surface area contributed by atoms with Gasteiger partial charge in [0.05, 0.1) is 18.3 Å². The first-order chi connectivity index (χ1) is 12.9. The third-order valence-corrected chi connectivity index (χ3v) is 6.05. The van der Waals surface area contributed by atoms with E-state index in [9.17, 15) is 0 Å². The molecule has 0 saturated carbocycles. The van der Waals surface area contributed by atoms with Crippen LogP contribution < -0.4 is 0 Å². The van der Waals surface area contributed by atoms with Crippen molar-refractivity contribution in [3.8, 4) is 0 Å². The Kier molecular flexibility index (Phi) is 4.50. The molecule has 140 valence electrons. The molecule has 0 radical (unpaired) electrons. The molecule has 1 atom stereocenters. The molecule has 26 heavy (non-hydrogen) atoms. The molecule has 1 aliphatic carbocycles. The summed E-state index contributed by atoms with van der Waals surface area (Å²) < 4.78 is 11.0. The van der Waals surface area contributed by atoms with Crippen molar-refractivity contribution in [3.63, 3.8) is 0 Å². The second-order valence-electron chi connectivity index (χ2n) is 7.82. The van der Waals surface area contributed by atoms with Crippen LogP contribution >= 0.6 is 0 Å². The second kappa shape index (κ2) is 7.12. The Morgan fingerprint density at radius 3 is 2.81 bits per heavy atom. The summed E-state index contributed by atoms with van der Waals surface area (Å²) in [5.41, 5.74) is 2.65. The van der Waals surface area contributed by atoms with Crippen molar-refractivity contribution in [2.75, 3.05) is 19.8 Å². The molecular formula is C19H27N5O2. The maximum absolute atomic E-state index is 5.55. The Morgan fingerprint density at radius 2 is 1.92 bits per heavy atom. The summed E-state index contributed by atoms with van der Waals surface area (Å²) in [6, 6.07) is 0.352. The monoisotopic (exact) mass is 357 g/mol. The predicted molar refractivity (Wildman–Crippen MR) is 94.7 cm³/mol. The average molecular weight is 357 g/mol. The molecule has 0 aromatic carbocycles. The average Bonchev–Trinajstić information content (AvgIpc) is 3.41. The largest absolute Gasteiger partial charge is 0.381 e. The Labute approximate surface area is 153 Å². The Hall–Kier alpha value is -1.73. The molecule has 2 saturated heterocycles. The Bertz CT molecular complexity index is 725. The van der Waals surface area contributed by atoms with Crippen LogP contribution in [0.1, 0.15) is 79.4 Å². The quantitative estimate of drug-likeness (QED) is 0.906. The third-order valence-electron chi connectivity index (χ3n) is 6.05. The maximum atomic E-state index is 5.55. The zero-order valence-electron chi connectivity index (χ0n) is 15.2. The molecule has 5 rings (SSSR count). The number of hydrogen-bond donors (Lipinski definition) is 1. The van der Waals surface area contributed by atoms with Gasteiger partial charge >= 0.3 is 0 Å². The minimum Gasteiger partial charge on any atom is -0.381 e. The summed E-state index contributed by atoms with van der Waals surface area (Å²) in [5, 5.41) is 4.25. The molecule has 1 unspecified atom stereocenters. The van der Waals surface area contributed by atoms with Crippen LogP contribution in [0.5, 0.6) is 0 Å². The SMILES string of the molecule is C1CCc2[nH]c(C3CCCN3Cc3noc(C4CCOCC4)n3)nc2C1. The number of hydrogen-bond acceptors (Lipinski definition) is 6. The highest BCUT2D eigenvalue weighted by molar-refractivity contribution is 5.19. The zero-order valence-corrected chi connectivity index (χ0v) is 15.2. The van der Waals surface area contributed by atoms with Gasteiger partial charge in [0.1, 0.15) is 5.82 Å². The first-order valence-electron chi connectivity index (χ1n) is 10.1. The highest BCUT2D eigenvalue weighted by Crippen LogP contribution is 2.33. The number of aryl methyl sites for hydroxylation is 2. The first kappa shape index (κ1) is 16.4. The van der Waals surface area contributed by atoms with Gasteiger partial charge in [0, 0.05) is 24.8 Å². The van der Waals surface area contributed by atoms with E-state index in [2.05, 4.69) is 20.0 Å². The number of ether oxygens (including phenoxy) is 1. The van der Waals surface area contributed by atoms with E-state index in [-0.39, 0.29) is 0 Å². The molecule has 7 heteroatoms. The van der Waals surface area contributed by atoms with Crippen LogP contribution in [0.2, 0.25) is 0 Å². The lowest BCUT2D eigenvalue weighted by molar-refractivity contribution is 0.0778. The number of fused-ring (bicyclic) bond motifs is 1. The van der Waals surface area contributed by atoms with Crippen LogP contribution in [0.15, 0.2) is 4.52 Å². The first-order valence-corrected chi connectivity index (χ1v) is 10.1. The van der Waals surface area contributed by atoms with Crippen LogP contribution in [-0.2, 0) is 24.1 Å². The van der Waals surface area contributed by atoms with Gasteiger partial charge in [-0.05, 0) is 57.9 Å². The maximum Gasteiger partial charge on any atom is 0.229 e. The van der Waals surface area contributed by atoms with E-state index in [4.69, 9.17) is 14.2 Å². The summed E-state index contributed by atoms with van der Waals surface area (Å²) in [6.45, 7) is 3.39. The van der Waals surface area contributed by atoms with E-state index in [0.29, 0.717) is 12.0 Å². The molecule has 2 aromatic heterocycles. The number of nitrogens with zero attached hydrogens (tertiary/aromatic N) is 4. The lowest BCUT2D eigenvalue weighted by atomic mass is 10.0. The molecule has 3 aliphatic rings. The number of aromatic nitrogens is 4. The van der Waals surface area contributed by atoms with Gasteiger partial charge < -0.3 is 14.2 Å². The van der Waals surface area contributed by atoms with Crippen molar-refractivity contribution in [2.45, 2.75) is 69.9 Å². The fraction of sp³-hybridized carbons (Fsp3) is 0.737. The summed E-state index contributed by atoms with van der Waals surface area (Å²) in [5.74, 6) is 3.08. The molecule has 7 nitrogen and oxygen atoms in total. The van der Waals surface area contributed by atoms with Gasteiger partial charge in [0.25, 0.3) is 0 Å². The standard InChI is InChI=1S/C19H27N5O2/c1-2-5-15-14(4-1)20-18(21-15)16-6-3-9-24(16)12-17-22-19(26-23-17)13-7-10-25-11-8-13/h13,16H,1-12H2,(H,20,21). The van der Waals surface area contributed by atoms with Gasteiger partial charge in [-0.25, -0.2) is 4.98 Å². The molecule has 2 fully saturated rings. The molecule has 1 N–H and O–H groups in total. The topological polar surface area (TPSA) is 80.1 Å². The zero-order chi connectivity index (χ0) is 17.3. The van der Waals surface area contributed by atoms with E-state index in [1.54, 1.807) is 0 Å². The van der Waals surface area contributed by atoms with Crippen LogP contribution in [0.3, 0.4) is 0 Å². The van der Waals surface area contributed by atoms with Gasteiger partial charge in [-0.2, -0.15) is 4.98 Å². The van der Waals surface area contributed by atoms with E-state index in [0.717, 1.165) is 75.9 Å². The molecule has 0 amide bonds. The summed E-state index contributed by atoms with van der Waals surface area (Å²) >= 11 is 0. The lowest BCUT2D eigenvalue weighted by Crippen LogP contribution is -2.24. The summed E-state index contributed by atoms with van der Waals surface area (Å²) in [4.78, 5) is 15.7. The van der Waals surface area contributed by atoms with Crippen LogP contribution in [-0.4, -0.2) is 44.8 Å². The van der Waals surface area contributed by atoms with E-state index >= 15 is 0 Å². The number of rotatable bonds is 4. The number of nitrogens with one attached hydrogen (secondary N) is 1. The number of H-pyrrole nitrogens is 1. The minimum absolute atomic E-state index is 0.352. The predicted octanol–water partition coefficient (Wildman–Crippen LogP) is 2.90. The van der Waals surface area contributed by atoms with Crippen molar-refractivity contribution in [1.82, 2.24) is 25.0 Å². The molecular weight excluding hydrogens is 330 g/mol. The smallest absolute Gasteiger partial charge is 0.229 e. The molecule has 0 spiro atoms. The van der Waals surface area contributed by atoms with Crippen LogP contribution in [0.25, 0.3) is 0 Å². The Morgan fingerprint density at radius 1 is 1.04 bits per heavy atom. The van der Waals surface area contributed by atoms with Crippen LogP contribution in [0, 0.1) is 0 Å². The van der Waals surface area contributed by atoms with E-state index < -0.39 is 0 Å². The van der Waals surface area contributed by atoms with Gasteiger partial charge in [-0.1, -0.05) is 5.16 Å². The fourth-order valence-corrected chi connectivity index (χ4v) is 4.58. The van der Waals surface area contributed by atoms with Crippen molar-refractivity contribution in [1.29, 1.82) is 0 Å². The highest BCUT2D eigenvalue weighted by Gasteiger charge is 2.31. The molecule has 2 aliphatic heterocycles. The van der Waals surface area contributed by atoms with Crippen LogP contribution in [0.4, 0.5) is 0 Å². The summed E-state index contributed by atoms with van der Waals surface area (Å²) in [7, 11) is 0. The number of likely N-dealkylation sites (tertiary alicyclic amines) is 1. The van der Waals surface area contributed by atoms with Crippen molar-refractivity contribution >= 4 is 0 Å².